The predicted octanol–water partition coefficient (Wildman–Crippen LogP) is 2.90. The monoisotopic (exact) mass is 316 g/mol. The Bertz CT molecular complexity index is 476. The largest absolute Gasteiger partial charge is 0.456 e. The van der Waals surface area contributed by atoms with Crippen LogP contribution in [0.5, 0.6) is 0 Å². The highest BCUT2D eigenvalue weighted by atomic mass is 35.5. The third-order valence-electron chi connectivity index (χ3n) is 3.94. The van der Waals surface area contributed by atoms with Crippen LogP contribution in [0.3, 0.4) is 0 Å². The summed E-state index contributed by atoms with van der Waals surface area (Å²) in [6, 6.07) is 5.00. The van der Waals surface area contributed by atoms with Gasteiger partial charge in [0, 0.05) is 18.8 Å². The van der Waals surface area contributed by atoms with E-state index in [2.05, 4.69) is 5.32 Å². The van der Waals surface area contributed by atoms with Crippen molar-refractivity contribution in [2.75, 3.05) is 13.1 Å². The van der Waals surface area contributed by atoms with Crippen LogP contribution in [0.4, 0.5) is 0 Å². The van der Waals surface area contributed by atoms with Crippen molar-refractivity contribution in [3.05, 3.63) is 33.8 Å². The van der Waals surface area contributed by atoms with Crippen LogP contribution in [0, 0.1) is 5.92 Å². The summed E-state index contributed by atoms with van der Waals surface area (Å²) in [6.07, 6.45) is 2.10. The second-order valence-electron chi connectivity index (χ2n) is 5.73. The van der Waals surface area contributed by atoms with E-state index in [-0.39, 0.29) is 5.56 Å². The molecular formula is C15H20Cl2NO2+. The average molecular weight is 317 g/mol. The highest BCUT2D eigenvalue weighted by molar-refractivity contribution is 6.39. The lowest BCUT2D eigenvalue weighted by molar-refractivity contribution is -0.665. The van der Waals surface area contributed by atoms with Gasteiger partial charge < -0.3 is 10.1 Å². The molecule has 1 saturated heterocycles. The molecule has 1 aliphatic heterocycles. The van der Waals surface area contributed by atoms with Crippen molar-refractivity contribution in [1.29, 1.82) is 0 Å². The minimum Gasteiger partial charge on any atom is -0.456 e. The maximum absolute atomic E-state index is 12.3. The predicted molar refractivity (Wildman–Crippen MR) is 80.3 cm³/mol. The molecule has 110 valence electrons. The zero-order chi connectivity index (χ0) is 14.8. The topological polar surface area (TPSA) is 42.9 Å². The van der Waals surface area contributed by atoms with Crippen molar-refractivity contribution in [1.82, 2.24) is 0 Å². The zero-order valence-electron chi connectivity index (χ0n) is 11.8. The molecule has 1 aliphatic rings. The van der Waals surface area contributed by atoms with E-state index in [1.165, 1.54) is 0 Å². The lowest BCUT2D eigenvalue weighted by Crippen LogP contribution is -2.86. The molecule has 0 spiro atoms. The van der Waals surface area contributed by atoms with Gasteiger partial charge in [-0.1, -0.05) is 29.3 Å². The Labute approximate surface area is 129 Å². The van der Waals surface area contributed by atoms with Gasteiger partial charge in [-0.2, -0.15) is 0 Å². The number of nitrogens with two attached hydrogens (primary N) is 1. The van der Waals surface area contributed by atoms with Gasteiger partial charge in [0.1, 0.15) is 5.60 Å². The Hall–Kier alpha value is -0.770. The molecule has 0 aliphatic carbocycles. The Morgan fingerprint density at radius 1 is 1.25 bits per heavy atom. The molecule has 0 bridgehead atoms. The number of halogens is 2. The minimum absolute atomic E-state index is 0.256. The van der Waals surface area contributed by atoms with E-state index in [4.69, 9.17) is 27.9 Å². The molecule has 0 aromatic heterocycles. The van der Waals surface area contributed by atoms with Crippen molar-refractivity contribution in [3.8, 4) is 0 Å². The van der Waals surface area contributed by atoms with Gasteiger partial charge in [0.15, 0.2) is 0 Å². The maximum Gasteiger partial charge on any atom is 0.341 e. The van der Waals surface area contributed by atoms with Gasteiger partial charge in [0.25, 0.3) is 0 Å². The number of rotatable bonds is 3. The van der Waals surface area contributed by atoms with Gasteiger partial charge in [0.2, 0.25) is 0 Å². The Kier molecular flexibility index (Phi) is 4.95. The number of piperidine rings is 1. The molecule has 0 radical (unpaired) electrons. The first-order valence-electron chi connectivity index (χ1n) is 6.91. The van der Waals surface area contributed by atoms with Gasteiger partial charge in [-0.05, 0) is 26.0 Å². The van der Waals surface area contributed by atoms with Gasteiger partial charge in [-0.15, -0.1) is 0 Å². The van der Waals surface area contributed by atoms with Crippen LogP contribution in [0.25, 0.3) is 0 Å². The van der Waals surface area contributed by atoms with E-state index < -0.39 is 11.6 Å². The van der Waals surface area contributed by atoms with Gasteiger partial charge in [-0.25, -0.2) is 4.79 Å². The van der Waals surface area contributed by atoms with E-state index in [1.807, 2.05) is 13.8 Å². The van der Waals surface area contributed by atoms with E-state index in [0.29, 0.717) is 16.0 Å². The van der Waals surface area contributed by atoms with Crippen molar-refractivity contribution < 1.29 is 14.8 Å². The quantitative estimate of drug-likeness (QED) is 0.871. The van der Waals surface area contributed by atoms with Crippen molar-refractivity contribution in [2.24, 2.45) is 5.92 Å². The molecule has 1 aromatic carbocycles. The molecule has 1 aromatic rings. The molecule has 0 atom stereocenters. The minimum atomic E-state index is -0.506. The molecule has 2 rings (SSSR count). The van der Waals surface area contributed by atoms with E-state index in [0.717, 1.165) is 25.9 Å². The second-order valence-corrected chi connectivity index (χ2v) is 6.54. The SMILES string of the molecule is CC(C)(OC(=O)c1c(Cl)cccc1Cl)C1CC[NH2+]CC1. The average Bonchev–Trinajstić information content (AvgIpc) is 2.39. The molecule has 0 saturated carbocycles. The summed E-state index contributed by atoms with van der Waals surface area (Å²) in [5.41, 5.74) is -0.250. The number of benzene rings is 1. The Morgan fingerprint density at radius 3 is 2.35 bits per heavy atom. The summed E-state index contributed by atoms with van der Waals surface area (Å²) in [7, 11) is 0. The number of carbonyl (C=O) groups is 1. The normalized spacial score (nSPS) is 17.0. The fraction of sp³-hybridized carbons (Fsp3) is 0.533. The molecule has 5 heteroatoms. The molecular weight excluding hydrogens is 297 g/mol. The first-order valence-corrected chi connectivity index (χ1v) is 7.66. The van der Waals surface area contributed by atoms with Crippen LogP contribution >= 0.6 is 23.2 Å². The van der Waals surface area contributed by atoms with Gasteiger partial charge in [0.05, 0.1) is 28.7 Å². The molecule has 2 N–H and O–H groups in total. The fourth-order valence-electron chi connectivity index (χ4n) is 2.69. The molecule has 1 heterocycles. The van der Waals surface area contributed by atoms with Crippen LogP contribution in [0.1, 0.15) is 37.0 Å². The Morgan fingerprint density at radius 2 is 1.80 bits per heavy atom. The van der Waals surface area contributed by atoms with Crippen molar-refractivity contribution in [3.63, 3.8) is 0 Å². The number of carbonyl (C=O) groups excluding carboxylic acids is 1. The third kappa shape index (κ3) is 3.46. The van der Waals surface area contributed by atoms with Crippen LogP contribution < -0.4 is 5.32 Å². The zero-order valence-corrected chi connectivity index (χ0v) is 13.3. The van der Waals surface area contributed by atoms with Gasteiger partial charge in [-0.3, -0.25) is 0 Å². The lowest BCUT2D eigenvalue weighted by atomic mass is 9.83. The van der Waals surface area contributed by atoms with Crippen molar-refractivity contribution >= 4 is 29.2 Å². The first kappa shape index (κ1) is 15.6. The number of esters is 1. The summed E-state index contributed by atoms with van der Waals surface area (Å²) in [5, 5.41) is 2.95. The summed E-state index contributed by atoms with van der Waals surface area (Å²) in [5.74, 6) is -0.0714. The summed E-state index contributed by atoms with van der Waals surface area (Å²) < 4.78 is 5.70. The van der Waals surface area contributed by atoms with Crippen LogP contribution in [0.15, 0.2) is 18.2 Å². The number of hydrogen-bond acceptors (Lipinski definition) is 2. The number of hydrogen-bond donors (Lipinski definition) is 1. The van der Waals surface area contributed by atoms with Crippen LogP contribution in [-0.2, 0) is 4.74 Å². The third-order valence-corrected chi connectivity index (χ3v) is 4.57. The summed E-state index contributed by atoms with van der Waals surface area (Å²) >= 11 is 12.1. The first-order chi connectivity index (χ1) is 9.42. The second kappa shape index (κ2) is 6.33. The highest BCUT2D eigenvalue weighted by Gasteiger charge is 2.36. The van der Waals surface area contributed by atoms with Crippen molar-refractivity contribution in [2.45, 2.75) is 32.3 Å². The van der Waals surface area contributed by atoms with Gasteiger partial charge >= 0.3 is 5.97 Å². The highest BCUT2D eigenvalue weighted by Crippen LogP contribution is 2.31. The van der Waals surface area contributed by atoms with E-state index in [9.17, 15) is 4.79 Å². The molecule has 0 amide bonds. The number of ether oxygens (including phenoxy) is 1. The smallest absolute Gasteiger partial charge is 0.341 e. The Balaban J connectivity index is 2.14. The van der Waals surface area contributed by atoms with E-state index in [1.54, 1.807) is 18.2 Å². The van der Waals surface area contributed by atoms with Crippen LogP contribution in [-0.4, -0.2) is 24.7 Å². The lowest BCUT2D eigenvalue weighted by Gasteiger charge is -2.35. The standard InChI is InChI=1S/C15H19Cl2NO2/c1-15(2,10-6-8-18-9-7-10)20-14(19)13-11(16)4-3-5-12(13)17/h3-5,10,18H,6-9H2,1-2H3/p+1. The summed E-state index contributed by atoms with van der Waals surface area (Å²) in [4.78, 5) is 12.3. The summed E-state index contributed by atoms with van der Waals surface area (Å²) in [6.45, 7) is 6.09. The molecule has 1 fully saturated rings. The fourth-order valence-corrected chi connectivity index (χ4v) is 3.24. The molecule has 0 unspecified atom stereocenters. The number of quaternary nitrogens is 1. The van der Waals surface area contributed by atoms with E-state index >= 15 is 0 Å². The van der Waals surface area contributed by atoms with Crippen LogP contribution in [0.2, 0.25) is 10.0 Å². The molecule has 20 heavy (non-hydrogen) atoms. The maximum atomic E-state index is 12.3. The molecule has 3 nitrogen and oxygen atoms in total.